The molecule has 0 aliphatic carbocycles. The number of aromatic carboxylic acids is 1. The predicted octanol–water partition coefficient (Wildman–Crippen LogP) is 1.12. The minimum Gasteiger partial charge on any atom is -0.477 e. The van der Waals surface area contributed by atoms with E-state index in [1.54, 1.807) is 16.7 Å². The van der Waals surface area contributed by atoms with Crippen LogP contribution in [-0.2, 0) is 11.3 Å². The molecule has 0 amide bonds. The number of halogens is 3. The monoisotopic (exact) mass is 390 g/mol. The molecule has 0 aromatic carbocycles. The first-order valence-electron chi connectivity index (χ1n) is 7.54. The Labute approximate surface area is 150 Å². The average Bonchev–Trinajstić information content (AvgIpc) is 2.59. The third-order valence-electron chi connectivity index (χ3n) is 3.19. The van der Waals surface area contributed by atoms with Gasteiger partial charge in [0.1, 0.15) is 17.0 Å². The molecule has 0 radical (unpaired) electrons. The largest absolute Gasteiger partial charge is 0.490 e. The van der Waals surface area contributed by atoms with E-state index in [-0.39, 0.29) is 5.56 Å². The van der Waals surface area contributed by atoms with Gasteiger partial charge in [-0.05, 0) is 19.1 Å². The van der Waals surface area contributed by atoms with Gasteiger partial charge in [0.15, 0.2) is 0 Å². The Morgan fingerprint density at radius 3 is 2.33 bits per heavy atom. The van der Waals surface area contributed by atoms with Gasteiger partial charge in [-0.2, -0.15) is 13.2 Å². The fraction of sp³-hybridized carbons (Fsp3) is 0.333. The molecule has 2 aromatic heterocycles. The van der Waals surface area contributed by atoms with Crippen LogP contribution in [0.3, 0.4) is 0 Å². The Kier molecular flexibility index (Phi) is 7.28. The maximum Gasteiger partial charge on any atom is 0.490 e. The second-order valence-electron chi connectivity index (χ2n) is 5.05. The molecular formula is C15H17F3N4O5. The smallest absolute Gasteiger partial charge is 0.477 e. The number of aryl methyl sites for hydroxylation is 1. The molecule has 5 N–H and O–H groups in total. The first kappa shape index (κ1) is 21.9. The van der Waals surface area contributed by atoms with E-state index in [1.807, 2.05) is 6.92 Å². The number of hydrogen-bond acceptors (Lipinski definition) is 6. The van der Waals surface area contributed by atoms with Crippen molar-refractivity contribution in [2.24, 2.45) is 5.73 Å². The summed E-state index contributed by atoms with van der Waals surface area (Å²) in [6, 6.07) is 3.23. The summed E-state index contributed by atoms with van der Waals surface area (Å²) in [5.74, 6) is -3.38. The summed E-state index contributed by atoms with van der Waals surface area (Å²) < 4.78 is 33.4. The highest BCUT2D eigenvalue weighted by Crippen LogP contribution is 2.14. The maximum absolute atomic E-state index is 12.1. The molecule has 0 aliphatic rings. The summed E-state index contributed by atoms with van der Waals surface area (Å²) in [7, 11) is 0. The van der Waals surface area contributed by atoms with E-state index in [0.29, 0.717) is 36.5 Å². The number of aromatic nitrogens is 2. The van der Waals surface area contributed by atoms with Crippen molar-refractivity contribution in [3.63, 3.8) is 0 Å². The molecule has 0 bridgehead atoms. The lowest BCUT2D eigenvalue weighted by Crippen LogP contribution is -2.21. The van der Waals surface area contributed by atoms with Gasteiger partial charge in [-0.1, -0.05) is 0 Å². The minimum atomic E-state index is -5.08. The van der Waals surface area contributed by atoms with Gasteiger partial charge in [-0.25, -0.2) is 14.6 Å². The predicted molar refractivity (Wildman–Crippen MR) is 89.9 cm³/mol. The van der Waals surface area contributed by atoms with Crippen molar-refractivity contribution in [1.82, 2.24) is 9.55 Å². The van der Waals surface area contributed by atoms with E-state index >= 15 is 0 Å². The maximum atomic E-state index is 12.1. The summed E-state index contributed by atoms with van der Waals surface area (Å²) in [5, 5.41) is 19.5. The molecule has 9 nitrogen and oxygen atoms in total. The fourth-order valence-electron chi connectivity index (χ4n) is 1.96. The van der Waals surface area contributed by atoms with Crippen LogP contribution < -0.4 is 16.5 Å². The van der Waals surface area contributed by atoms with Gasteiger partial charge in [0.05, 0.1) is 5.39 Å². The lowest BCUT2D eigenvalue weighted by atomic mass is 10.2. The summed E-state index contributed by atoms with van der Waals surface area (Å²) >= 11 is 0. The van der Waals surface area contributed by atoms with Crippen LogP contribution >= 0.6 is 0 Å². The van der Waals surface area contributed by atoms with Gasteiger partial charge in [0, 0.05) is 25.8 Å². The third kappa shape index (κ3) is 5.67. The first-order valence-corrected chi connectivity index (χ1v) is 7.54. The zero-order valence-electron chi connectivity index (χ0n) is 14.1. The number of alkyl halides is 3. The molecule has 27 heavy (non-hydrogen) atoms. The molecule has 2 rings (SSSR count). The van der Waals surface area contributed by atoms with E-state index in [9.17, 15) is 22.8 Å². The fourth-order valence-corrected chi connectivity index (χ4v) is 1.96. The SMILES string of the molecule is CCn1cc(C(=O)O)c(=O)c2ccc(NCCN)nc21.O=C(O)C(F)(F)F. The van der Waals surface area contributed by atoms with Crippen molar-refractivity contribution in [3.8, 4) is 0 Å². The number of aliphatic carboxylic acids is 1. The second-order valence-corrected chi connectivity index (χ2v) is 5.05. The zero-order chi connectivity index (χ0) is 20.8. The summed E-state index contributed by atoms with van der Waals surface area (Å²) in [6.07, 6.45) is -3.76. The van der Waals surface area contributed by atoms with Crippen LogP contribution in [0.4, 0.5) is 19.0 Å². The number of rotatable bonds is 5. The summed E-state index contributed by atoms with van der Waals surface area (Å²) in [6.45, 7) is 3.42. The molecule has 0 fully saturated rings. The van der Waals surface area contributed by atoms with Gasteiger partial charge in [0.25, 0.3) is 0 Å². The molecule has 2 aromatic rings. The van der Waals surface area contributed by atoms with Crippen molar-refractivity contribution in [2.75, 3.05) is 18.4 Å². The Morgan fingerprint density at radius 2 is 1.89 bits per heavy atom. The highest BCUT2D eigenvalue weighted by atomic mass is 19.4. The van der Waals surface area contributed by atoms with Crippen molar-refractivity contribution in [3.05, 3.63) is 34.1 Å². The van der Waals surface area contributed by atoms with Crippen molar-refractivity contribution in [2.45, 2.75) is 19.6 Å². The Hall–Kier alpha value is -3.15. The van der Waals surface area contributed by atoms with Gasteiger partial charge < -0.3 is 25.8 Å². The van der Waals surface area contributed by atoms with E-state index in [1.165, 1.54) is 6.20 Å². The Bertz CT molecular complexity index is 895. The van der Waals surface area contributed by atoms with Gasteiger partial charge in [-0.15, -0.1) is 0 Å². The van der Waals surface area contributed by atoms with Crippen molar-refractivity contribution >= 4 is 28.8 Å². The highest BCUT2D eigenvalue weighted by molar-refractivity contribution is 5.92. The summed E-state index contributed by atoms with van der Waals surface area (Å²) in [5.41, 5.74) is 5.11. The van der Waals surface area contributed by atoms with Crippen LogP contribution in [0, 0.1) is 0 Å². The molecule has 0 saturated carbocycles. The second kappa shape index (κ2) is 8.98. The lowest BCUT2D eigenvalue weighted by Gasteiger charge is -2.11. The third-order valence-corrected chi connectivity index (χ3v) is 3.19. The molecule has 0 aliphatic heterocycles. The number of pyridine rings is 2. The minimum absolute atomic E-state index is 0.246. The quantitative estimate of drug-likeness (QED) is 0.594. The van der Waals surface area contributed by atoms with Crippen LogP contribution in [0.15, 0.2) is 23.1 Å². The first-order chi connectivity index (χ1) is 12.5. The Morgan fingerprint density at radius 1 is 1.30 bits per heavy atom. The number of anilines is 1. The van der Waals surface area contributed by atoms with Gasteiger partial charge in [-0.3, -0.25) is 4.79 Å². The Balaban J connectivity index is 0.000000445. The normalized spacial score (nSPS) is 10.9. The van der Waals surface area contributed by atoms with Crippen LogP contribution in [0.5, 0.6) is 0 Å². The molecule has 0 spiro atoms. The number of carboxylic acid groups (broad SMARTS) is 2. The van der Waals surface area contributed by atoms with Crippen LogP contribution in [0.1, 0.15) is 17.3 Å². The van der Waals surface area contributed by atoms with E-state index < -0.39 is 23.5 Å². The van der Waals surface area contributed by atoms with E-state index in [0.717, 1.165) is 0 Å². The van der Waals surface area contributed by atoms with E-state index in [2.05, 4.69) is 10.3 Å². The molecule has 148 valence electrons. The van der Waals surface area contributed by atoms with Crippen molar-refractivity contribution in [1.29, 1.82) is 0 Å². The molecule has 0 atom stereocenters. The average molecular weight is 390 g/mol. The number of carbonyl (C=O) groups is 2. The molecule has 2 heterocycles. The highest BCUT2D eigenvalue weighted by Gasteiger charge is 2.38. The van der Waals surface area contributed by atoms with Crippen LogP contribution in [0.2, 0.25) is 0 Å². The summed E-state index contributed by atoms with van der Waals surface area (Å²) in [4.78, 5) is 36.4. The lowest BCUT2D eigenvalue weighted by molar-refractivity contribution is -0.192. The van der Waals surface area contributed by atoms with E-state index in [4.69, 9.17) is 20.7 Å². The number of nitrogens with two attached hydrogens (primary N) is 1. The zero-order valence-corrected chi connectivity index (χ0v) is 14.1. The number of nitrogens with zero attached hydrogens (tertiary/aromatic N) is 2. The number of nitrogens with one attached hydrogen (secondary N) is 1. The molecule has 0 saturated heterocycles. The number of hydrogen-bond donors (Lipinski definition) is 4. The number of fused-ring (bicyclic) bond motifs is 1. The van der Waals surface area contributed by atoms with Crippen LogP contribution in [0.25, 0.3) is 11.0 Å². The van der Waals surface area contributed by atoms with Crippen molar-refractivity contribution < 1.29 is 33.0 Å². The molecule has 0 unspecified atom stereocenters. The topological polar surface area (TPSA) is 148 Å². The van der Waals surface area contributed by atoms with Gasteiger partial charge >= 0.3 is 18.1 Å². The molecule has 12 heteroatoms. The standard InChI is InChI=1S/C13H16N4O3.C2HF3O2/c1-2-17-7-9(13(19)20)11(18)8-3-4-10(15-6-5-14)16-12(8)17;3-2(4,5)1(6)7/h3-4,7H,2,5-6,14H2,1H3,(H,15,16)(H,19,20);(H,6,7). The number of carboxylic acids is 2. The van der Waals surface area contributed by atoms with Crippen LogP contribution in [-0.4, -0.2) is 51.0 Å². The molecular weight excluding hydrogens is 373 g/mol. The van der Waals surface area contributed by atoms with Gasteiger partial charge in [0.2, 0.25) is 5.43 Å².